The van der Waals surface area contributed by atoms with Crippen LogP contribution in [-0.2, 0) is 4.79 Å². The predicted molar refractivity (Wildman–Crippen MR) is 62.1 cm³/mol. The number of hydrogen-bond acceptors (Lipinski definition) is 1. The topological polar surface area (TPSA) is 17.1 Å². The fourth-order valence-corrected chi connectivity index (χ4v) is 2.14. The molecule has 0 amide bonds. The van der Waals surface area contributed by atoms with E-state index in [1.165, 1.54) is 11.1 Å². The lowest BCUT2D eigenvalue weighted by Crippen LogP contribution is -1.95. The van der Waals surface area contributed by atoms with Gasteiger partial charge in [-0.2, -0.15) is 0 Å². The summed E-state index contributed by atoms with van der Waals surface area (Å²) < 4.78 is 0. The molecule has 15 heavy (non-hydrogen) atoms. The lowest BCUT2D eigenvalue weighted by atomic mass is 9.99. The predicted octanol–water partition coefficient (Wildman–Crippen LogP) is 3.50. The minimum Gasteiger partial charge on any atom is -0.300 e. The zero-order valence-corrected chi connectivity index (χ0v) is 9.66. The fraction of sp³-hybridized carbons (Fsp3) is 0.500. The molecule has 2 atom stereocenters. The Morgan fingerprint density at radius 3 is 2.27 bits per heavy atom. The van der Waals surface area contributed by atoms with Gasteiger partial charge in [-0.05, 0) is 36.3 Å². The zero-order chi connectivity index (χ0) is 11.0. The lowest BCUT2D eigenvalue weighted by Gasteiger charge is -2.06. The average molecular weight is 202 g/mol. The standard InChI is InChI=1S/C14H18O/c1-9(2)11-4-6-12(7-5-11)14-8-13(14)10(3)15/h4-7,9,13-14H,8H2,1-3H3/t13-,14-/m0/s1. The third kappa shape index (κ3) is 2.11. The quantitative estimate of drug-likeness (QED) is 0.733. The van der Waals surface area contributed by atoms with E-state index in [4.69, 9.17) is 0 Å². The molecule has 0 heterocycles. The highest BCUT2D eigenvalue weighted by atomic mass is 16.1. The molecule has 0 aromatic heterocycles. The summed E-state index contributed by atoms with van der Waals surface area (Å²) in [5.41, 5.74) is 2.71. The highest BCUT2D eigenvalue weighted by molar-refractivity contribution is 5.82. The van der Waals surface area contributed by atoms with Crippen LogP contribution in [0.4, 0.5) is 0 Å². The summed E-state index contributed by atoms with van der Waals surface area (Å²) in [6.07, 6.45) is 1.05. The molecule has 0 unspecified atom stereocenters. The van der Waals surface area contributed by atoms with Crippen LogP contribution in [0.25, 0.3) is 0 Å². The molecule has 1 heteroatoms. The van der Waals surface area contributed by atoms with Gasteiger partial charge in [0.05, 0.1) is 0 Å². The summed E-state index contributed by atoms with van der Waals surface area (Å²) in [5.74, 6) is 1.73. The first-order chi connectivity index (χ1) is 7.09. The Labute approximate surface area is 91.5 Å². The molecule has 0 aliphatic heterocycles. The van der Waals surface area contributed by atoms with E-state index in [2.05, 4.69) is 38.1 Å². The third-order valence-electron chi connectivity index (χ3n) is 3.34. The molecule has 1 aromatic rings. The number of benzene rings is 1. The van der Waals surface area contributed by atoms with Gasteiger partial charge in [0.25, 0.3) is 0 Å². The van der Waals surface area contributed by atoms with Crippen molar-refractivity contribution in [3.63, 3.8) is 0 Å². The summed E-state index contributed by atoms with van der Waals surface area (Å²) in [7, 11) is 0. The van der Waals surface area contributed by atoms with E-state index in [0.717, 1.165) is 6.42 Å². The molecule has 1 aliphatic rings. The maximum atomic E-state index is 11.2. The van der Waals surface area contributed by atoms with Crippen molar-refractivity contribution in [3.8, 4) is 0 Å². The second-order valence-electron chi connectivity index (χ2n) is 4.88. The summed E-state index contributed by atoms with van der Waals surface area (Å²) in [6, 6.07) is 8.75. The Hall–Kier alpha value is -1.11. The van der Waals surface area contributed by atoms with Crippen LogP contribution in [0.5, 0.6) is 0 Å². The Kier molecular flexibility index (Phi) is 2.64. The normalized spacial score (nSPS) is 24.3. The molecule has 80 valence electrons. The van der Waals surface area contributed by atoms with Crippen LogP contribution in [-0.4, -0.2) is 5.78 Å². The van der Waals surface area contributed by atoms with Gasteiger partial charge in [0.1, 0.15) is 5.78 Å². The van der Waals surface area contributed by atoms with Crippen LogP contribution in [0.3, 0.4) is 0 Å². The summed E-state index contributed by atoms with van der Waals surface area (Å²) in [6.45, 7) is 6.10. The number of Topliss-reactive ketones (excluding diaryl/α,β-unsaturated/α-hetero) is 1. The summed E-state index contributed by atoms with van der Waals surface area (Å²) in [4.78, 5) is 11.2. The second kappa shape index (κ2) is 3.80. The molecule has 1 aromatic carbocycles. The molecule has 1 saturated carbocycles. The smallest absolute Gasteiger partial charge is 0.133 e. The van der Waals surface area contributed by atoms with Crippen molar-refractivity contribution in [2.75, 3.05) is 0 Å². The first-order valence-corrected chi connectivity index (χ1v) is 5.70. The van der Waals surface area contributed by atoms with Crippen LogP contribution in [0.2, 0.25) is 0 Å². The molecule has 0 saturated heterocycles. The highest BCUT2D eigenvalue weighted by Crippen LogP contribution is 2.47. The number of carbonyl (C=O) groups excluding carboxylic acids is 1. The van der Waals surface area contributed by atoms with Gasteiger partial charge >= 0.3 is 0 Å². The van der Waals surface area contributed by atoms with Crippen molar-refractivity contribution in [1.29, 1.82) is 0 Å². The first kappa shape index (κ1) is 10.4. The van der Waals surface area contributed by atoms with E-state index in [-0.39, 0.29) is 0 Å². The minimum atomic E-state index is 0.301. The van der Waals surface area contributed by atoms with Gasteiger partial charge in [-0.3, -0.25) is 4.79 Å². The maximum absolute atomic E-state index is 11.2. The lowest BCUT2D eigenvalue weighted by molar-refractivity contribution is -0.118. The molecule has 0 bridgehead atoms. The monoisotopic (exact) mass is 202 g/mol. The molecular weight excluding hydrogens is 184 g/mol. The van der Waals surface area contributed by atoms with Crippen molar-refractivity contribution in [2.45, 2.75) is 39.0 Å². The van der Waals surface area contributed by atoms with Crippen LogP contribution < -0.4 is 0 Å². The fourth-order valence-electron chi connectivity index (χ4n) is 2.14. The number of carbonyl (C=O) groups is 1. The van der Waals surface area contributed by atoms with Gasteiger partial charge in [0, 0.05) is 5.92 Å². The second-order valence-corrected chi connectivity index (χ2v) is 4.88. The largest absolute Gasteiger partial charge is 0.300 e. The van der Waals surface area contributed by atoms with Crippen molar-refractivity contribution < 1.29 is 4.79 Å². The third-order valence-corrected chi connectivity index (χ3v) is 3.34. The Morgan fingerprint density at radius 1 is 1.27 bits per heavy atom. The van der Waals surface area contributed by atoms with E-state index in [1.54, 1.807) is 6.92 Å². The summed E-state index contributed by atoms with van der Waals surface area (Å²) >= 11 is 0. The van der Waals surface area contributed by atoms with Crippen LogP contribution >= 0.6 is 0 Å². The summed E-state index contributed by atoms with van der Waals surface area (Å²) in [5, 5.41) is 0. The molecule has 1 aliphatic carbocycles. The molecule has 0 N–H and O–H groups in total. The van der Waals surface area contributed by atoms with Crippen LogP contribution in [0, 0.1) is 5.92 Å². The molecule has 2 rings (SSSR count). The number of ketones is 1. The van der Waals surface area contributed by atoms with Gasteiger partial charge in [-0.25, -0.2) is 0 Å². The van der Waals surface area contributed by atoms with Gasteiger partial charge in [0.2, 0.25) is 0 Å². The molecule has 0 spiro atoms. The van der Waals surface area contributed by atoms with Crippen molar-refractivity contribution in [3.05, 3.63) is 35.4 Å². The molecule has 0 radical (unpaired) electrons. The average Bonchev–Trinajstić information content (AvgIpc) is 2.97. The van der Waals surface area contributed by atoms with Gasteiger partial charge in [0.15, 0.2) is 0 Å². The van der Waals surface area contributed by atoms with Gasteiger partial charge in [-0.1, -0.05) is 38.1 Å². The molecule has 1 fully saturated rings. The highest BCUT2D eigenvalue weighted by Gasteiger charge is 2.41. The van der Waals surface area contributed by atoms with Crippen molar-refractivity contribution >= 4 is 5.78 Å². The van der Waals surface area contributed by atoms with Crippen LogP contribution in [0.15, 0.2) is 24.3 Å². The van der Waals surface area contributed by atoms with E-state index >= 15 is 0 Å². The van der Waals surface area contributed by atoms with Crippen molar-refractivity contribution in [2.24, 2.45) is 5.92 Å². The first-order valence-electron chi connectivity index (χ1n) is 5.70. The number of hydrogen-bond donors (Lipinski definition) is 0. The van der Waals surface area contributed by atoms with E-state index < -0.39 is 0 Å². The minimum absolute atomic E-state index is 0.301. The van der Waals surface area contributed by atoms with E-state index in [0.29, 0.717) is 23.5 Å². The van der Waals surface area contributed by atoms with Gasteiger partial charge in [-0.15, -0.1) is 0 Å². The van der Waals surface area contributed by atoms with E-state index in [1.807, 2.05) is 0 Å². The molecular formula is C14H18O. The van der Waals surface area contributed by atoms with Crippen molar-refractivity contribution in [1.82, 2.24) is 0 Å². The SMILES string of the molecule is CC(=O)[C@@H]1C[C@H]1c1ccc(C(C)C)cc1. The Morgan fingerprint density at radius 2 is 1.87 bits per heavy atom. The number of rotatable bonds is 3. The van der Waals surface area contributed by atoms with Crippen LogP contribution in [0.1, 0.15) is 50.2 Å². The zero-order valence-electron chi connectivity index (χ0n) is 9.66. The van der Waals surface area contributed by atoms with E-state index in [9.17, 15) is 4.79 Å². The Balaban J connectivity index is 2.09. The maximum Gasteiger partial charge on any atom is 0.133 e. The Bertz CT molecular complexity index is 361. The molecule has 1 nitrogen and oxygen atoms in total. The van der Waals surface area contributed by atoms with Gasteiger partial charge < -0.3 is 0 Å².